The van der Waals surface area contributed by atoms with Gasteiger partial charge in [0.25, 0.3) is 0 Å². The molecule has 0 saturated heterocycles. The van der Waals surface area contributed by atoms with Crippen LogP contribution in [0.15, 0.2) is 0 Å². The molecule has 1 heterocycles. The molecule has 2 aliphatic rings. The van der Waals surface area contributed by atoms with Gasteiger partial charge in [-0.05, 0) is 25.2 Å². The number of hydrogen-bond acceptors (Lipinski definition) is 3. The summed E-state index contributed by atoms with van der Waals surface area (Å²) >= 11 is 1.96. The lowest BCUT2D eigenvalue weighted by molar-refractivity contribution is 0.557. The number of thiazole rings is 1. The molecule has 2 atom stereocenters. The number of nitrogens with one attached hydrogen (secondary N) is 1. The summed E-state index contributed by atoms with van der Waals surface area (Å²) in [4.78, 5) is 6.45. The van der Waals surface area contributed by atoms with Gasteiger partial charge in [0.15, 0.2) is 0 Å². The summed E-state index contributed by atoms with van der Waals surface area (Å²) in [5.41, 5.74) is 1.50. The summed E-state index contributed by atoms with van der Waals surface area (Å²) in [6.45, 7) is 10.2. The van der Waals surface area contributed by atoms with Crippen LogP contribution < -0.4 is 5.32 Å². The molecule has 3 rings (SSSR count). The van der Waals surface area contributed by atoms with E-state index in [1.165, 1.54) is 34.8 Å². The monoisotopic (exact) mass is 264 g/mol. The van der Waals surface area contributed by atoms with Crippen molar-refractivity contribution in [3.05, 3.63) is 15.6 Å². The first-order chi connectivity index (χ1) is 8.45. The van der Waals surface area contributed by atoms with Crippen molar-refractivity contribution in [1.29, 1.82) is 0 Å². The number of aromatic nitrogens is 1. The standard InChI is InChI=1S/C15H24N2S/c1-9-7-11(9)14-17-13(15(2,3)4)12(18-14)8-16-10-5-6-10/h9-11,16H,5-8H2,1-4H3. The van der Waals surface area contributed by atoms with Crippen LogP contribution >= 0.6 is 11.3 Å². The van der Waals surface area contributed by atoms with E-state index in [2.05, 4.69) is 33.0 Å². The Kier molecular flexibility index (Phi) is 3.02. The highest BCUT2D eigenvalue weighted by molar-refractivity contribution is 7.11. The molecule has 2 aliphatic carbocycles. The lowest BCUT2D eigenvalue weighted by Gasteiger charge is -2.17. The number of rotatable bonds is 4. The molecule has 3 heteroatoms. The third-order valence-electron chi connectivity index (χ3n) is 3.98. The van der Waals surface area contributed by atoms with Crippen LogP contribution in [0.4, 0.5) is 0 Å². The minimum atomic E-state index is 0.174. The van der Waals surface area contributed by atoms with Crippen molar-refractivity contribution >= 4 is 11.3 Å². The Morgan fingerprint density at radius 3 is 2.50 bits per heavy atom. The van der Waals surface area contributed by atoms with E-state index in [4.69, 9.17) is 4.98 Å². The first-order valence-corrected chi connectivity index (χ1v) is 8.00. The fourth-order valence-electron chi connectivity index (χ4n) is 2.42. The van der Waals surface area contributed by atoms with Gasteiger partial charge in [0.2, 0.25) is 0 Å². The molecule has 2 fully saturated rings. The minimum Gasteiger partial charge on any atom is -0.309 e. The summed E-state index contributed by atoms with van der Waals surface area (Å²) in [6.07, 6.45) is 4.05. The Bertz CT molecular complexity index is 440. The average Bonchev–Trinajstić information content (AvgIpc) is 3.17. The van der Waals surface area contributed by atoms with Gasteiger partial charge in [-0.2, -0.15) is 0 Å². The summed E-state index contributed by atoms with van der Waals surface area (Å²) in [6, 6.07) is 0.781. The Morgan fingerprint density at radius 1 is 1.33 bits per heavy atom. The van der Waals surface area contributed by atoms with E-state index in [1.54, 1.807) is 0 Å². The second-order valence-corrected chi connectivity index (χ2v) is 8.16. The molecule has 2 saturated carbocycles. The minimum absolute atomic E-state index is 0.174. The van der Waals surface area contributed by atoms with Crippen LogP contribution in [0.5, 0.6) is 0 Å². The maximum atomic E-state index is 4.97. The van der Waals surface area contributed by atoms with E-state index in [0.29, 0.717) is 0 Å². The topological polar surface area (TPSA) is 24.9 Å². The van der Waals surface area contributed by atoms with Gasteiger partial charge >= 0.3 is 0 Å². The van der Waals surface area contributed by atoms with E-state index < -0.39 is 0 Å². The fourth-order valence-corrected chi connectivity index (χ4v) is 3.90. The molecule has 1 N–H and O–H groups in total. The van der Waals surface area contributed by atoms with Crippen molar-refractivity contribution in [2.45, 2.75) is 70.9 Å². The maximum absolute atomic E-state index is 4.97. The maximum Gasteiger partial charge on any atom is 0.0965 e. The van der Waals surface area contributed by atoms with Crippen molar-refractivity contribution in [3.63, 3.8) is 0 Å². The molecule has 0 bridgehead atoms. The third kappa shape index (κ3) is 2.62. The lowest BCUT2D eigenvalue weighted by atomic mass is 9.91. The Labute approximate surface area is 114 Å². The zero-order chi connectivity index (χ0) is 12.9. The van der Waals surface area contributed by atoms with E-state index in [9.17, 15) is 0 Å². The Hall–Kier alpha value is -0.410. The zero-order valence-corrected chi connectivity index (χ0v) is 12.7. The second kappa shape index (κ2) is 4.31. The molecule has 1 aromatic rings. The molecular weight excluding hydrogens is 240 g/mol. The molecule has 18 heavy (non-hydrogen) atoms. The Balaban J connectivity index is 1.81. The van der Waals surface area contributed by atoms with Gasteiger partial charge in [-0.25, -0.2) is 4.98 Å². The van der Waals surface area contributed by atoms with E-state index in [-0.39, 0.29) is 5.41 Å². The van der Waals surface area contributed by atoms with Gasteiger partial charge in [0.1, 0.15) is 0 Å². The quantitative estimate of drug-likeness (QED) is 0.894. The first-order valence-electron chi connectivity index (χ1n) is 7.18. The highest BCUT2D eigenvalue weighted by Crippen LogP contribution is 2.49. The summed E-state index contributed by atoms with van der Waals surface area (Å²) in [5.74, 6) is 1.61. The highest BCUT2D eigenvalue weighted by Gasteiger charge is 2.38. The van der Waals surface area contributed by atoms with Crippen LogP contribution in [0, 0.1) is 5.92 Å². The summed E-state index contributed by atoms with van der Waals surface area (Å²) in [7, 11) is 0. The lowest BCUT2D eigenvalue weighted by Crippen LogP contribution is -2.19. The van der Waals surface area contributed by atoms with Gasteiger partial charge in [0, 0.05) is 28.8 Å². The van der Waals surface area contributed by atoms with Gasteiger partial charge in [-0.3, -0.25) is 0 Å². The van der Waals surface area contributed by atoms with Crippen LogP contribution in [-0.2, 0) is 12.0 Å². The Morgan fingerprint density at radius 2 is 2.00 bits per heavy atom. The molecule has 0 amide bonds. The molecule has 100 valence electrons. The highest BCUT2D eigenvalue weighted by atomic mass is 32.1. The largest absolute Gasteiger partial charge is 0.309 e. The van der Waals surface area contributed by atoms with Crippen molar-refractivity contribution < 1.29 is 0 Å². The first kappa shape index (κ1) is 12.6. The number of hydrogen-bond donors (Lipinski definition) is 1. The van der Waals surface area contributed by atoms with Crippen LogP contribution in [0.2, 0.25) is 0 Å². The normalized spacial score (nSPS) is 27.6. The molecule has 0 spiro atoms. The predicted molar refractivity (Wildman–Crippen MR) is 77.2 cm³/mol. The third-order valence-corrected chi connectivity index (χ3v) is 5.17. The zero-order valence-electron chi connectivity index (χ0n) is 11.9. The smallest absolute Gasteiger partial charge is 0.0965 e. The average molecular weight is 264 g/mol. The van der Waals surface area contributed by atoms with Crippen molar-refractivity contribution in [2.24, 2.45) is 5.92 Å². The molecule has 1 aromatic heterocycles. The SMILES string of the molecule is CC1CC1c1nc(C(C)(C)C)c(CNC2CC2)s1. The predicted octanol–water partition coefficient (Wildman–Crippen LogP) is 3.82. The molecule has 0 aliphatic heterocycles. The molecular formula is C15H24N2S. The summed E-state index contributed by atoms with van der Waals surface area (Å²) < 4.78 is 0. The van der Waals surface area contributed by atoms with Gasteiger partial charge < -0.3 is 5.32 Å². The van der Waals surface area contributed by atoms with E-state index >= 15 is 0 Å². The van der Waals surface area contributed by atoms with Crippen molar-refractivity contribution in [3.8, 4) is 0 Å². The molecule has 0 radical (unpaired) electrons. The van der Waals surface area contributed by atoms with E-state index in [0.717, 1.165) is 24.4 Å². The van der Waals surface area contributed by atoms with Crippen LogP contribution in [0.25, 0.3) is 0 Å². The van der Waals surface area contributed by atoms with E-state index in [1.807, 2.05) is 11.3 Å². The second-order valence-electron chi connectivity index (χ2n) is 7.05. The molecule has 2 unspecified atom stereocenters. The molecule has 2 nitrogen and oxygen atoms in total. The van der Waals surface area contributed by atoms with Crippen LogP contribution in [-0.4, -0.2) is 11.0 Å². The fraction of sp³-hybridized carbons (Fsp3) is 0.800. The van der Waals surface area contributed by atoms with Gasteiger partial charge in [-0.15, -0.1) is 11.3 Å². The van der Waals surface area contributed by atoms with Crippen LogP contribution in [0.1, 0.15) is 68.5 Å². The molecule has 0 aromatic carbocycles. The number of nitrogens with zero attached hydrogens (tertiary/aromatic N) is 1. The summed E-state index contributed by atoms with van der Waals surface area (Å²) in [5, 5.41) is 5.03. The van der Waals surface area contributed by atoms with Gasteiger partial charge in [0.05, 0.1) is 10.7 Å². The van der Waals surface area contributed by atoms with Crippen LogP contribution in [0.3, 0.4) is 0 Å². The van der Waals surface area contributed by atoms with Gasteiger partial charge in [-0.1, -0.05) is 27.7 Å². The van der Waals surface area contributed by atoms with Crippen molar-refractivity contribution in [2.75, 3.05) is 0 Å². The van der Waals surface area contributed by atoms with Crippen molar-refractivity contribution in [1.82, 2.24) is 10.3 Å².